The summed E-state index contributed by atoms with van der Waals surface area (Å²) in [5.41, 5.74) is 0.333. The standard InChI is InChI=1S/C19H17BrFN3O4/c1-11(25)22-9-14-10-24(19(27)28-14)13-5-6-16(15(21)8-13)23-17-7-12(20)3-2-4-18(17)26/h2-8,14H,9-10H2,1H3,(H,22,25)(H,23,26)/t14-/m0/s1. The third kappa shape index (κ3) is 4.66. The van der Waals surface area contributed by atoms with E-state index in [1.807, 2.05) is 0 Å². The van der Waals surface area contributed by atoms with Gasteiger partial charge in [0.05, 0.1) is 30.2 Å². The molecule has 0 unspecified atom stereocenters. The van der Waals surface area contributed by atoms with Crippen molar-refractivity contribution in [1.29, 1.82) is 0 Å². The largest absolute Gasteiger partial charge is 0.442 e. The molecule has 1 aliphatic rings. The summed E-state index contributed by atoms with van der Waals surface area (Å²) in [7, 11) is 0. The van der Waals surface area contributed by atoms with Gasteiger partial charge in [-0.3, -0.25) is 14.5 Å². The Labute approximate surface area is 168 Å². The van der Waals surface area contributed by atoms with Gasteiger partial charge in [0.2, 0.25) is 11.3 Å². The molecule has 0 spiro atoms. The molecule has 0 saturated carbocycles. The normalized spacial score (nSPS) is 15.9. The average Bonchev–Trinajstić information content (AvgIpc) is 2.93. The van der Waals surface area contributed by atoms with Crippen LogP contribution in [0.3, 0.4) is 0 Å². The number of nitrogens with zero attached hydrogens (tertiary/aromatic N) is 1. The zero-order chi connectivity index (χ0) is 20.3. The molecule has 1 heterocycles. The minimum absolute atomic E-state index is 0.0984. The lowest BCUT2D eigenvalue weighted by Gasteiger charge is -2.15. The maximum Gasteiger partial charge on any atom is 0.414 e. The summed E-state index contributed by atoms with van der Waals surface area (Å²) in [6.45, 7) is 1.75. The maximum absolute atomic E-state index is 14.6. The third-order valence-corrected chi connectivity index (χ3v) is 4.53. The lowest BCUT2D eigenvalue weighted by atomic mass is 10.2. The summed E-state index contributed by atoms with van der Waals surface area (Å²) in [6, 6.07) is 10.4. The van der Waals surface area contributed by atoms with Gasteiger partial charge in [0.1, 0.15) is 11.9 Å². The minimum Gasteiger partial charge on any atom is -0.442 e. The molecule has 0 radical (unpaired) electrons. The average molecular weight is 450 g/mol. The highest BCUT2D eigenvalue weighted by molar-refractivity contribution is 9.10. The molecule has 0 bridgehead atoms. The maximum atomic E-state index is 14.6. The van der Waals surface area contributed by atoms with Crippen molar-refractivity contribution in [2.75, 3.05) is 23.3 Å². The van der Waals surface area contributed by atoms with Crippen molar-refractivity contribution in [3.63, 3.8) is 0 Å². The van der Waals surface area contributed by atoms with E-state index in [2.05, 4.69) is 26.6 Å². The van der Waals surface area contributed by atoms with Crippen molar-refractivity contribution in [3.05, 3.63) is 63.0 Å². The molecule has 146 valence electrons. The molecule has 2 aromatic carbocycles. The van der Waals surface area contributed by atoms with Gasteiger partial charge in [-0.15, -0.1) is 0 Å². The molecule has 1 fully saturated rings. The van der Waals surface area contributed by atoms with Gasteiger partial charge >= 0.3 is 6.09 Å². The molecule has 2 amide bonds. The Morgan fingerprint density at radius 3 is 2.75 bits per heavy atom. The van der Waals surface area contributed by atoms with E-state index >= 15 is 0 Å². The van der Waals surface area contributed by atoms with Crippen LogP contribution in [0.25, 0.3) is 0 Å². The van der Waals surface area contributed by atoms with Crippen molar-refractivity contribution in [1.82, 2.24) is 5.32 Å². The molecule has 1 atom stereocenters. The fourth-order valence-corrected chi connectivity index (χ4v) is 3.07. The number of cyclic esters (lactones) is 1. The Bertz CT molecular complexity index is 985. The van der Waals surface area contributed by atoms with E-state index < -0.39 is 18.0 Å². The fourth-order valence-electron chi connectivity index (χ4n) is 2.69. The second-order valence-electron chi connectivity index (χ2n) is 6.18. The number of carbonyl (C=O) groups excluding carboxylic acids is 2. The number of hydrogen-bond acceptors (Lipinski definition) is 5. The predicted octanol–water partition coefficient (Wildman–Crippen LogP) is 3.15. The first kappa shape index (κ1) is 19.8. The smallest absolute Gasteiger partial charge is 0.414 e. The highest BCUT2D eigenvalue weighted by Crippen LogP contribution is 2.27. The number of anilines is 3. The Morgan fingerprint density at radius 2 is 2.04 bits per heavy atom. The number of hydrogen-bond donors (Lipinski definition) is 2. The Hall–Kier alpha value is -2.94. The first-order valence-corrected chi connectivity index (χ1v) is 9.22. The van der Waals surface area contributed by atoms with E-state index in [1.54, 1.807) is 24.3 Å². The van der Waals surface area contributed by atoms with E-state index in [0.29, 0.717) is 10.2 Å². The summed E-state index contributed by atoms with van der Waals surface area (Å²) in [6.07, 6.45) is -1.13. The molecule has 0 aromatic heterocycles. The van der Waals surface area contributed by atoms with Crippen LogP contribution in [0.15, 0.2) is 51.7 Å². The molecule has 2 aromatic rings. The molecule has 9 heteroatoms. The van der Waals surface area contributed by atoms with Crippen LogP contribution < -0.4 is 21.0 Å². The molecule has 1 saturated heterocycles. The summed E-state index contributed by atoms with van der Waals surface area (Å²) in [5.74, 6) is -0.854. The van der Waals surface area contributed by atoms with Crippen LogP contribution in [0.5, 0.6) is 0 Å². The number of benzene rings is 1. The quantitative estimate of drug-likeness (QED) is 0.731. The van der Waals surface area contributed by atoms with Crippen LogP contribution in [-0.2, 0) is 9.53 Å². The second-order valence-corrected chi connectivity index (χ2v) is 7.09. The van der Waals surface area contributed by atoms with Gasteiger partial charge in [-0.1, -0.05) is 22.0 Å². The van der Waals surface area contributed by atoms with Gasteiger partial charge in [0.15, 0.2) is 0 Å². The molecule has 0 aliphatic carbocycles. The van der Waals surface area contributed by atoms with Gasteiger partial charge in [0.25, 0.3) is 0 Å². The molecular formula is C19H17BrFN3O4. The van der Waals surface area contributed by atoms with Gasteiger partial charge < -0.3 is 15.4 Å². The molecule has 7 nitrogen and oxygen atoms in total. The minimum atomic E-state index is -0.627. The lowest BCUT2D eigenvalue weighted by Crippen LogP contribution is -2.33. The van der Waals surface area contributed by atoms with Gasteiger partial charge in [-0.05, 0) is 36.4 Å². The first-order chi connectivity index (χ1) is 13.3. The van der Waals surface area contributed by atoms with Crippen molar-refractivity contribution in [2.45, 2.75) is 13.0 Å². The number of ether oxygens (including phenoxy) is 1. The Kier molecular flexibility index (Phi) is 5.93. The number of halogens is 2. The zero-order valence-electron chi connectivity index (χ0n) is 14.9. The number of nitrogens with one attached hydrogen (secondary N) is 2. The van der Waals surface area contributed by atoms with E-state index in [-0.39, 0.29) is 35.8 Å². The fraction of sp³-hybridized carbons (Fsp3) is 0.211. The van der Waals surface area contributed by atoms with Gasteiger partial charge in [-0.2, -0.15) is 0 Å². The van der Waals surface area contributed by atoms with Crippen molar-refractivity contribution in [3.8, 4) is 0 Å². The van der Waals surface area contributed by atoms with Crippen molar-refractivity contribution < 1.29 is 18.7 Å². The van der Waals surface area contributed by atoms with E-state index in [0.717, 1.165) is 0 Å². The summed E-state index contributed by atoms with van der Waals surface area (Å²) >= 11 is 3.29. The van der Waals surface area contributed by atoms with Crippen LogP contribution in [0.2, 0.25) is 0 Å². The van der Waals surface area contributed by atoms with E-state index in [1.165, 1.54) is 30.0 Å². The predicted molar refractivity (Wildman–Crippen MR) is 106 cm³/mol. The van der Waals surface area contributed by atoms with Gasteiger partial charge in [-0.25, -0.2) is 9.18 Å². The van der Waals surface area contributed by atoms with Crippen LogP contribution in [-0.4, -0.2) is 31.2 Å². The lowest BCUT2D eigenvalue weighted by molar-refractivity contribution is -0.119. The van der Waals surface area contributed by atoms with Crippen LogP contribution in [0.4, 0.5) is 26.2 Å². The highest BCUT2D eigenvalue weighted by atomic mass is 79.9. The zero-order valence-corrected chi connectivity index (χ0v) is 16.5. The number of rotatable bonds is 5. The second kappa shape index (κ2) is 8.39. The number of amides is 2. The first-order valence-electron chi connectivity index (χ1n) is 8.42. The SMILES string of the molecule is CC(=O)NC[C@H]1CN(c2ccc(Nc3cc(Br)cccc3=O)c(F)c2)C(=O)O1. The van der Waals surface area contributed by atoms with Crippen LogP contribution >= 0.6 is 15.9 Å². The molecule has 1 aliphatic heterocycles. The van der Waals surface area contributed by atoms with Crippen molar-refractivity contribution >= 4 is 45.0 Å². The Balaban J connectivity index is 1.77. The molecule has 28 heavy (non-hydrogen) atoms. The van der Waals surface area contributed by atoms with Gasteiger partial charge in [0, 0.05) is 11.4 Å². The summed E-state index contributed by atoms with van der Waals surface area (Å²) < 4.78 is 20.4. The van der Waals surface area contributed by atoms with Crippen LogP contribution in [0.1, 0.15) is 6.92 Å². The topological polar surface area (TPSA) is 87.7 Å². The summed E-state index contributed by atoms with van der Waals surface area (Å²) in [5, 5.41) is 5.35. The van der Waals surface area contributed by atoms with Crippen LogP contribution in [0, 0.1) is 5.82 Å². The monoisotopic (exact) mass is 449 g/mol. The molecule has 3 rings (SSSR count). The van der Waals surface area contributed by atoms with Crippen molar-refractivity contribution in [2.24, 2.45) is 0 Å². The number of carbonyl (C=O) groups is 2. The highest BCUT2D eigenvalue weighted by Gasteiger charge is 2.32. The third-order valence-electron chi connectivity index (χ3n) is 4.04. The molecular weight excluding hydrogens is 433 g/mol. The van der Waals surface area contributed by atoms with E-state index in [9.17, 15) is 18.8 Å². The Morgan fingerprint density at radius 1 is 1.25 bits per heavy atom. The summed E-state index contributed by atoms with van der Waals surface area (Å²) in [4.78, 5) is 36.4. The van der Waals surface area contributed by atoms with E-state index in [4.69, 9.17) is 4.74 Å². The molecule has 2 N–H and O–H groups in total.